The van der Waals surface area contributed by atoms with Gasteiger partial charge < -0.3 is 15.1 Å². The number of benzene rings is 1. The van der Waals surface area contributed by atoms with Crippen LogP contribution in [-0.2, 0) is 0 Å². The summed E-state index contributed by atoms with van der Waals surface area (Å²) in [7, 11) is 6.29. The van der Waals surface area contributed by atoms with Crippen molar-refractivity contribution in [2.45, 2.75) is 12.8 Å². The zero-order valence-corrected chi connectivity index (χ0v) is 14.9. The Bertz CT molecular complexity index is 645. The number of hydrogen-bond donors (Lipinski definition) is 1. The first-order valence-electron chi connectivity index (χ1n) is 8.65. The van der Waals surface area contributed by atoms with E-state index in [1.54, 1.807) is 0 Å². The van der Waals surface area contributed by atoms with Crippen LogP contribution in [0.15, 0.2) is 36.5 Å². The maximum Gasteiger partial charge on any atom is 0.223 e. The predicted molar refractivity (Wildman–Crippen MR) is 101 cm³/mol. The average molecular weight is 325 g/mol. The summed E-state index contributed by atoms with van der Waals surface area (Å²) in [6, 6.07) is 10.4. The highest BCUT2D eigenvalue weighted by Gasteiger charge is 2.16. The van der Waals surface area contributed by atoms with Gasteiger partial charge in [-0.15, -0.1) is 0 Å². The summed E-state index contributed by atoms with van der Waals surface area (Å²) >= 11 is 0. The van der Waals surface area contributed by atoms with E-state index in [1.165, 1.54) is 31.6 Å². The fourth-order valence-corrected chi connectivity index (χ4v) is 3.04. The first kappa shape index (κ1) is 16.7. The summed E-state index contributed by atoms with van der Waals surface area (Å²) in [6.45, 7) is 3.33. The standard InChI is InChI=1S/C19H27N5/c1-23(2)17-6-4-16(5-7-17)18-8-11-20-19(22-18)21-14-15-9-12-24(3)13-10-15/h4-8,11,15H,9-10,12-14H2,1-3H3,(H,20,21,22). The fourth-order valence-electron chi connectivity index (χ4n) is 3.04. The van der Waals surface area contributed by atoms with E-state index in [2.05, 4.69) is 56.4 Å². The minimum absolute atomic E-state index is 0.716. The molecule has 5 nitrogen and oxygen atoms in total. The van der Waals surface area contributed by atoms with Gasteiger partial charge in [0.05, 0.1) is 5.69 Å². The number of rotatable bonds is 5. The number of aromatic nitrogens is 2. The van der Waals surface area contributed by atoms with E-state index < -0.39 is 0 Å². The Morgan fingerprint density at radius 3 is 2.50 bits per heavy atom. The van der Waals surface area contributed by atoms with E-state index in [0.717, 1.165) is 23.8 Å². The lowest BCUT2D eigenvalue weighted by Gasteiger charge is -2.28. The van der Waals surface area contributed by atoms with Gasteiger partial charge in [-0.3, -0.25) is 0 Å². The molecule has 1 aliphatic heterocycles. The highest BCUT2D eigenvalue weighted by Crippen LogP contribution is 2.22. The van der Waals surface area contributed by atoms with Crippen molar-refractivity contribution in [3.8, 4) is 11.3 Å². The van der Waals surface area contributed by atoms with Crippen LogP contribution >= 0.6 is 0 Å². The largest absolute Gasteiger partial charge is 0.378 e. The maximum atomic E-state index is 4.67. The van der Waals surface area contributed by atoms with Crippen molar-refractivity contribution < 1.29 is 0 Å². The van der Waals surface area contributed by atoms with E-state index >= 15 is 0 Å². The first-order chi connectivity index (χ1) is 11.6. The second-order valence-electron chi connectivity index (χ2n) is 6.83. The molecule has 0 spiro atoms. The van der Waals surface area contributed by atoms with Crippen LogP contribution in [0.2, 0.25) is 0 Å². The van der Waals surface area contributed by atoms with E-state index in [4.69, 9.17) is 0 Å². The molecule has 1 N–H and O–H groups in total. The van der Waals surface area contributed by atoms with Crippen LogP contribution in [0.5, 0.6) is 0 Å². The lowest BCUT2D eigenvalue weighted by atomic mass is 9.97. The summed E-state index contributed by atoms with van der Waals surface area (Å²) in [4.78, 5) is 13.5. The van der Waals surface area contributed by atoms with Gasteiger partial charge in [0, 0.05) is 38.1 Å². The second kappa shape index (κ2) is 7.62. The Hall–Kier alpha value is -2.14. The molecule has 1 saturated heterocycles. The summed E-state index contributed by atoms with van der Waals surface area (Å²) in [6.07, 6.45) is 4.32. The molecule has 0 bridgehead atoms. The molecule has 0 atom stereocenters. The van der Waals surface area contributed by atoms with Crippen LogP contribution in [0.25, 0.3) is 11.3 Å². The molecule has 24 heavy (non-hydrogen) atoms. The van der Waals surface area contributed by atoms with Crippen LogP contribution in [0.4, 0.5) is 11.6 Å². The molecular formula is C19H27N5. The van der Waals surface area contributed by atoms with Crippen molar-refractivity contribution in [3.63, 3.8) is 0 Å². The summed E-state index contributed by atoms with van der Waals surface area (Å²) in [5, 5.41) is 3.42. The third-order valence-corrected chi connectivity index (χ3v) is 4.72. The Labute approximate surface area is 144 Å². The molecule has 1 aromatic heterocycles. The Balaban J connectivity index is 1.63. The molecule has 0 radical (unpaired) electrons. The minimum atomic E-state index is 0.716. The maximum absolute atomic E-state index is 4.67. The zero-order chi connectivity index (χ0) is 16.9. The van der Waals surface area contributed by atoms with Gasteiger partial charge in [0.2, 0.25) is 5.95 Å². The normalized spacial score (nSPS) is 16.1. The minimum Gasteiger partial charge on any atom is -0.378 e. The van der Waals surface area contributed by atoms with Gasteiger partial charge in [-0.2, -0.15) is 0 Å². The topological polar surface area (TPSA) is 44.3 Å². The first-order valence-corrected chi connectivity index (χ1v) is 8.65. The van der Waals surface area contributed by atoms with Gasteiger partial charge in [0.1, 0.15) is 0 Å². The number of piperidine rings is 1. The van der Waals surface area contributed by atoms with E-state index in [0.29, 0.717) is 5.92 Å². The van der Waals surface area contributed by atoms with Crippen molar-refractivity contribution >= 4 is 11.6 Å². The molecule has 1 aliphatic rings. The zero-order valence-electron chi connectivity index (χ0n) is 14.9. The van der Waals surface area contributed by atoms with Crippen molar-refractivity contribution in [2.75, 3.05) is 51.0 Å². The molecule has 2 heterocycles. The quantitative estimate of drug-likeness (QED) is 0.915. The Morgan fingerprint density at radius 2 is 1.83 bits per heavy atom. The number of anilines is 2. The molecule has 0 amide bonds. The summed E-state index contributed by atoms with van der Waals surface area (Å²) in [5.74, 6) is 1.44. The molecule has 5 heteroatoms. The molecular weight excluding hydrogens is 298 g/mol. The van der Waals surface area contributed by atoms with Gasteiger partial charge in [-0.05, 0) is 57.1 Å². The van der Waals surface area contributed by atoms with Gasteiger partial charge in [-0.25, -0.2) is 9.97 Å². The van der Waals surface area contributed by atoms with Gasteiger partial charge in [-0.1, -0.05) is 12.1 Å². The van der Waals surface area contributed by atoms with Crippen molar-refractivity contribution in [3.05, 3.63) is 36.5 Å². The van der Waals surface area contributed by atoms with E-state index in [1.807, 2.05) is 26.4 Å². The lowest BCUT2D eigenvalue weighted by molar-refractivity contribution is 0.226. The molecule has 1 fully saturated rings. The SMILES string of the molecule is CN1CCC(CNc2nccc(-c3ccc(N(C)C)cc3)n2)CC1. The van der Waals surface area contributed by atoms with E-state index in [9.17, 15) is 0 Å². The van der Waals surface area contributed by atoms with Crippen LogP contribution in [-0.4, -0.2) is 55.6 Å². The second-order valence-corrected chi connectivity index (χ2v) is 6.83. The summed E-state index contributed by atoms with van der Waals surface area (Å²) in [5.41, 5.74) is 3.26. The van der Waals surface area contributed by atoms with Gasteiger partial charge in [0.15, 0.2) is 0 Å². The van der Waals surface area contributed by atoms with Crippen LogP contribution in [0.1, 0.15) is 12.8 Å². The molecule has 0 unspecified atom stereocenters. The number of hydrogen-bond acceptors (Lipinski definition) is 5. The van der Waals surface area contributed by atoms with Crippen molar-refractivity contribution in [1.82, 2.24) is 14.9 Å². The molecule has 128 valence electrons. The molecule has 2 aromatic rings. The fraction of sp³-hybridized carbons (Fsp3) is 0.474. The molecule has 3 rings (SSSR count). The Morgan fingerprint density at radius 1 is 1.12 bits per heavy atom. The molecule has 1 aromatic carbocycles. The predicted octanol–water partition coefficient (Wildman–Crippen LogP) is 2.96. The third kappa shape index (κ3) is 4.23. The third-order valence-electron chi connectivity index (χ3n) is 4.72. The van der Waals surface area contributed by atoms with Crippen LogP contribution < -0.4 is 10.2 Å². The Kier molecular flexibility index (Phi) is 5.30. The average Bonchev–Trinajstić information content (AvgIpc) is 2.61. The smallest absolute Gasteiger partial charge is 0.223 e. The molecule has 0 saturated carbocycles. The monoisotopic (exact) mass is 325 g/mol. The lowest BCUT2D eigenvalue weighted by Crippen LogP contribution is -2.33. The van der Waals surface area contributed by atoms with Gasteiger partial charge >= 0.3 is 0 Å². The van der Waals surface area contributed by atoms with E-state index in [-0.39, 0.29) is 0 Å². The van der Waals surface area contributed by atoms with Gasteiger partial charge in [0.25, 0.3) is 0 Å². The van der Waals surface area contributed by atoms with Crippen molar-refractivity contribution in [1.29, 1.82) is 0 Å². The highest BCUT2D eigenvalue weighted by atomic mass is 15.1. The summed E-state index contributed by atoms with van der Waals surface area (Å²) < 4.78 is 0. The van der Waals surface area contributed by atoms with Crippen molar-refractivity contribution in [2.24, 2.45) is 5.92 Å². The number of nitrogens with one attached hydrogen (secondary N) is 1. The van der Waals surface area contributed by atoms with Crippen LogP contribution in [0, 0.1) is 5.92 Å². The number of likely N-dealkylation sites (tertiary alicyclic amines) is 1. The van der Waals surface area contributed by atoms with Crippen LogP contribution in [0.3, 0.4) is 0 Å². The highest BCUT2D eigenvalue weighted by molar-refractivity contribution is 5.63. The molecule has 0 aliphatic carbocycles. The number of nitrogens with zero attached hydrogens (tertiary/aromatic N) is 4.